The third-order valence-corrected chi connectivity index (χ3v) is 4.78. The Hall–Kier alpha value is -0.610. The molecular weight excluding hydrogens is 252 g/mol. The maximum atomic E-state index is 12.2. The van der Waals surface area contributed by atoms with Crippen LogP contribution in [0.5, 0.6) is 0 Å². The van der Waals surface area contributed by atoms with Crippen LogP contribution in [0.3, 0.4) is 0 Å². The van der Waals surface area contributed by atoms with Gasteiger partial charge in [0, 0.05) is 12.1 Å². The van der Waals surface area contributed by atoms with E-state index in [0.717, 1.165) is 32.2 Å². The van der Waals surface area contributed by atoms with E-state index in [1.807, 2.05) is 0 Å². The number of hydrogen-bond acceptors (Lipinski definition) is 3. The van der Waals surface area contributed by atoms with Crippen molar-refractivity contribution < 1.29 is 9.90 Å². The summed E-state index contributed by atoms with van der Waals surface area (Å²) in [6, 6.07) is 0.557. The van der Waals surface area contributed by atoms with E-state index in [4.69, 9.17) is 0 Å². The van der Waals surface area contributed by atoms with Crippen molar-refractivity contribution in [1.29, 1.82) is 0 Å². The Morgan fingerprint density at radius 3 is 2.35 bits per heavy atom. The first kappa shape index (κ1) is 15.8. The van der Waals surface area contributed by atoms with Crippen LogP contribution in [0.15, 0.2) is 0 Å². The molecule has 4 nitrogen and oxygen atoms in total. The van der Waals surface area contributed by atoms with Crippen molar-refractivity contribution >= 4 is 5.91 Å². The van der Waals surface area contributed by atoms with Crippen molar-refractivity contribution in [3.05, 3.63) is 0 Å². The first-order valence-corrected chi connectivity index (χ1v) is 8.44. The lowest BCUT2D eigenvalue weighted by Crippen LogP contribution is -2.46. The Bertz CT molecular complexity index is 288. The molecule has 116 valence electrons. The lowest BCUT2D eigenvalue weighted by Gasteiger charge is -2.28. The highest BCUT2D eigenvalue weighted by atomic mass is 16.3. The largest absolute Gasteiger partial charge is 0.395 e. The average molecular weight is 282 g/mol. The van der Waals surface area contributed by atoms with E-state index < -0.39 is 0 Å². The minimum absolute atomic E-state index is 0.150. The predicted octanol–water partition coefficient (Wildman–Crippen LogP) is 2.06. The van der Waals surface area contributed by atoms with E-state index in [9.17, 15) is 9.90 Å². The second-order valence-electron chi connectivity index (χ2n) is 6.41. The van der Waals surface area contributed by atoms with E-state index in [1.165, 1.54) is 38.5 Å². The highest BCUT2D eigenvalue weighted by molar-refractivity contribution is 5.78. The molecule has 1 amide bonds. The number of aliphatic hydroxyl groups excluding tert-OH is 1. The number of carbonyl (C=O) groups is 1. The molecule has 4 heteroatoms. The van der Waals surface area contributed by atoms with Gasteiger partial charge in [0.25, 0.3) is 0 Å². The number of likely N-dealkylation sites (tertiary alicyclic amines) is 1. The van der Waals surface area contributed by atoms with Crippen LogP contribution < -0.4 is 5.32 Å². The number of carbonyl (C=O) groups excluding carboxylic acids is 1. The molecule has 1 unspecified atom stereocenters. The molecule has 1 aliphatic carbocycles. The maximum absolute atomic E-state index is 12.2. The van der Waals surface area contributed by atoms with Gasteiger partial charge in [0.15, 0.2) is 0 Å². The second kappa shape index (κ2) is 8.63. The van der Waals surface area contributed by atoms with Crippen LogP contribution in [0, 0.1) is 0 Å². The SMILES string of the molecule is O=C(CN1CCCCCC1CO)NC1CCCCCC1. The van der Waals surface area contributed by atoms with Gasteiger partial charge in [0.05, 0.1) is 13.2 Å². The van der Waals surface area contributed by atoms with Crippen LogP contribution in [0.2, 0.25) is 0 Å². The zero-order chi connectivity index (χ0) is 14.2. The molecule has 1 aliphatic heterocycles. The molecule has 0 bridgehead atoms. The van der Waals surface area contributed by atoms with Crippen LogP contribution in [0.25, 0.3) is 0 Å². The van der Waals surface area contributed by atoms with Gasteiger partial charge in [-0.05, 0) is 32.2 Å². The minimum atomic E-state index is 0.150. The van der Waals surface area contributed by atoms with Gasteiger partial charge in [-0.25, -0.2) is 0 Å². The molecule has 1 saturated heterocycles. The summed E-state index contributed by atoms with van der Waals surface area (Å²) in [6.07, 6.45) is 11.9. The number of aliphatic hydroxyl groups is 1. The lowest BCUT2D eigenvalue weighted by atomic mass is 10.1. The molecule has 2 fully saturated rings. The Morgan fingerprint density at radius 1 is 1.00 bits per heavy atom. The topological polar surface area (TPSA) is 52.6 Å². The smallest absolute Gasteiger partial charge is 0.234 e. The predicted molar refractivity (Wildman–Crippen MR) is 80.5 cm³/mol. The van der Waals surface area contributed by atoms with Gasteiger partial charge in [-0.2, -0.15) is 0 Å². The van der Waals surface area contributed by atoms with Gasteiger partial charge < -0.3 is 10.4 Å². The molecule has 0 aromatic rings. The van der Waals surface area contributed by atoms with Crippen molar-refractivity contribution in [2.24, 2.45) is 0 Å². The van der Waals surface area contributed by atoms with E-state index in [0.29, 0.717) is 12.6 Å². The lowest BCUT2D eigenvalue weighted by molar-refractivity contribution is -0.123. The van der Waals surface area contributed by atoms with Gasteiger partial charge in [0.1, 0.15) is 0 Å². The number of rotatable bonds is 4. The van der Waals surface area contributed by atoms with Crippen LogP contribution in [0.4, 0.5) is 0 Å². The summed E-state index contributed by atoms with van der Waals surface area (Å²) in [5.41, 5.74) is 0. The van der Waals surface area contributed by atoms with Crippen LogP contribution >= 0.6 is 0 Å². The Morgan fingerprint density at radius 2 is 1.65 bits per heavy atom. The summed E-state index contributed by atoms with van der Waals surface area (Å²) < 4.78 is 0. The highest BCUT2D eigenvalue weighted by Gasteiger charge is 2.23. The Kier molecular flexibility index (Phi) is 6.80. The standard InChI is InChI=1S/C16H30N2O2/c19-13-15-10-6-3-7-11-18(15)12-16(20)17-14-8-4-1-2-5-9-14/h14-15,19H,1-13H2,(H,17,20). The van der Waals surface area contributed by atoms with Gasteiger partial charge in [0.2, 0.25) is 5.91 Å². The fraction of sp³-hybridized carbons (Fsp3) is 0.938. The molecule has 2 N–H and O–H groups in total. The van der Waals surface area contributed by atoms with E-state index >= 15 is 0 Å². The van der Waals surface area contributed by atoms with Crippen molar-refractivity contribution in [3.8, 4) is 0 Å². The quantitative estimate of drug-likeness (QED) is 0.776. The molecule has 1 atom stereocenters. The summed E-state index contributed by atoms with van der Waals surface area (Å²) in [5, 5.41) is 12.7. The van der Waals surface area contributed by atoms with Crippen LogP contribution in [-0.2, 0) is 4.79 Å². The van der Waals surface area contributed by atoms with Crippen LogP contribution in [-0.4, -0.2) is 47.7 Å². The molecule has 1 heterocycles. The molecule has 20 heavy (non-hydrogen) atoms. The minimum Gasteiger partial charge on any atom is -0.395 e. The number of nitrogens with zero attached hydrogens (tertiary/aromatic N) is 1. The third kappa shape index (κ3) is 5.06. The van der Waals surface area contributed by atoms with Crippen LogP contribution in [0.1, 0.15) is 64.2 Å². The number of amides is 1. The molecule has 0 spiro atoms. The first-order chi connectivity index (χ1) is 9.79. The van der Waals surface area contributed by atoms with Gasteiger partial charge in [-0.1, -0.05) is 38.5 Å². The third-order valence-electron chi connectivity index (χ3n) is 4.78. The maximum Gasteiger partial charge on any atom is 0.234 e. The average Bonchev–Trinajstić information content (AvgIpc) is 2.81. The number of hydrogen-bond donors (Lipinski definition) is 2. The summed E-state index contributed by atoms with van der Waals surface area (Å²) in [5.74, 6) is 0.150. The molecule has 0 aromatic carbocycles. The Labute approximate surface area is 122 Å². The summed E-state index contributed by atoms with van der Waals surface area (Å²) in [4.78, 5) is 14.4. The van der Waals surface area contributed by atoms with Gasteiger partial charge in [-0.15, -0.1) is 0 Å². The van der Waals surface area contributed by atoms with E-state index in [1.54, 1.807) is 0 Å². The molecular formula is C16H30N2O2. The zero-order valence-electron chi connectivity index (χ0n) is 12.6. The summed E-state index contributed by atoms with van der Waals surface area (Å²) in [7, 11) is 0. The highest BCUT2D eigenvalue weighted by Crippen LogP contribution is 2.18. The Balaban J connectivity index is 1.79. The van der Waals surface area contributed by atoms with Crippen molar-refractivity contribution in [2.45, 2.75) is 76.3 Å². The summed E-state index contributed by atoms with van der Waals surface area (Å²) >= 11 is 0. The van der Waals surface area contributed by atoms with E-state index in [2.05, 4.69) is 10.2 Å². The first-order valence-electron chi connectivity index (χ1n) is 8.44. The van der Waals surface area contributed by atoms with E-state index in [-0.39, 0.29) is 18.6 Å². The van der Waals surface area contributed by atoms with Gasteiger partial charge in [-0.3, -0.25) is 9.69 Å². The second-order valence-corrected chi connectivity index (χ2v) is 6.41. The van der Waals surface area contributed by atoms with Crippen molar-refractivity contribution in [1.82, 2.24) is 10.2 Å². The molecule has 0 radical (unpaired) electrons. The fourth-order valence-corrected chi connectivity index (χ4v) is 3.53. The molecule has 0 aromatic heterocycles. The molecule has 1 saturated carbocycles. The molecule has 2 aliphatic rings. The van der Waals surface area contributed by atoms with Gasteiger partial charge >= 0.3 is 0 Å². The van der Waals surface area contributed by atoms with Crippen molar-refractivity contribution in [3.63, 3.8) is 0 Å². The summed E-state index contributed by atoms with van der Waals surface area (Å²) in [6.45, 7) is 1.59. The normalized spacial score (nSPS) is 26.8. The van der Waals surface area contributed by atoms with Crippen molar-refractivity contribution in [2.75, 3.05) is 19.7 Å². The fourth-order valence-electron chi connectivity index (χ4n) is 3.53. The zero-order valence-corrected chi connectivity index (χ0v) is 12.6. The monoisotopic (exact) mass is 282 g/mol. The molecule has 2 rings (SSSR count). The number of nitrogens with one attached hydrogen (secondary N) is 1.